The van der Waals surface area contributed by atoms with Crippen molar-refractivity contribution in [3.63, 3.8) is 0 Å². The van der Waals surface area contributed by atoms with Gasteiger partial charge in [0.1, 0.15) is 0 Å². The smallest absolute Gasteiger partial charge is 0.226 e. The summed E-state index contributed by atoms with van der Waals surface area (Å²) in [5.41, 5.74) is 2.25. The molecule has 1 amide bonds. The fourth-order valence-corrected chi connectivity index (χ4v) is 3.46. The highest BCUT2D eigenvalue weighted by atomic mass is 35.5. The molecule has 0 spiro atoms. The number of ether oxygens (including phenoxy) is 1. The molecule has 2 aromatic carbocycles. The number of benzene rings is 2. The number of amides is 1. The van der Waals surface area contributed by atoms with Gasteiger partial charge in [-0.2, -0.15) is 5.10 Å². The fourth-order valence-electron chi connectivity index (χ4n) is 3.33. The lowest BCUT2D eigenvalue weighted by Crippen LogP contribution is -2.27. The van der Waals surface area contributed by atoms with Gasteiger partial charge in [0.25, 0.3) is 0 Å². The van der Waals surface area contributed by atoms with E-state index in [1.165, 1.54) is 25.3 Å². The van der Waals surface area contributed by atoms with Gasteiger partial charge in [0, 0.05) is 28.1 Å². The molecule has 1 aliphatic heterocycles. The van der Waals surface area contributed by atoms with Crippen LogP contribution in [0.15, 0.2) is 42.5 Å². The monoisotopic (exact) mass is 399 g/mol. The molecule has 0 bridgehead atoms. The minimum atomic E-state index is -0.761. The third kappa shape index (κ3) is 3.14. The lowest BCUT2D eigenvalue weighted by molar-refractivity contribution is -0.116. The summed E-state index contributed by atoms with van der Waals surface area (Å²) in [5, 5.41) is 10.3. The Bertz CT molecular complexity index is 1080. The molecule has 0 aliphatic carbocycles. The van der Waals surface area contributed by atoms with Crippen LogP contribution in [0.1, 0.15) is 28.3 Å². The standard InChI is InChI=1S/C20H15ClFN3O3/c1-28-15-8-11(4-7-14(15)22)19(27)13-9-16(26)23-20-17(13)18(24-25-20)10-2-5-12(21)6-3-10/h2-8,13H,9H2,1H3,(H2,23,24,25,26)/t13-/m0/s1. The molecule has 8 heteroatoms. The minimum absolute atomic E-state index is 0.0311. The number of carbonyl (C=O) groups is 2. The summed E-state index contributed by atoms with van der Waals surface area (Å²) in [6, 6.07) is 11.0. The predicted molar refractivity (Wildman–Crippen MR) is 102 cm³/mol. The zero-order chi connectivity index (χ0) is 19.8. The second kappa shape index (κ2) is 7.09. The largest absolute Gasteiger partial charge is 0.494 e. The van der Waals surface area contributed by atoms with E-state index in [0.717, 1.165) is 5.56 Å². The van der Waals surface area contributed by atoms with Crippen molar-refractivity contribution in [1.82, 2.24) is 10.2 Å². The SMILES string of the molecule is COc1cc(C(=O)[C@H]2CC(=O)Nc3n[nH]c(-c4ccc(Cl)cc4)c32)ccc1F. The Balaban J connectivity index is 1.79. The molecule has 4 rings (SSSR count). The number of ketones is 1. The molecule has 1 atom stereocenters. The molecular formula is C20H15ClFN3O3. The Morgan fingerprint density at radius 1 is 1.25 bits per heavy atom. The summed E-state index contributed by atoms with van der Waals surface area (Å²) < 4.78 is 18.7. The van der Waals surface area contributed by atoms with Gasteiger partial charge in [0.05, 0.1) is 18.7 Å². The third-order valence-corrected chi connectivity index (χ3v) is 4.94. The second-order valence-corrected chi connectivity index (χ2v) is 6.82. The van der Waals surface area contributed by atoms with E-state index in [1.54, 1.807) is 24.3 Å². The molecule has 0 saturated heterocycles. The molecule has 1 aliphatic rings. The summed E-state index contributed by atoms with van der Waals surface area (Å²) in [5.74, 6) is -1.67. The van der Waals surface area contributed by atoms with E-state index >= 15 is 0 Å². The number of aromatic amines is 1. The number of nitrogens with zero attached hydrogens (tertiary/aromatic N) is 1. The molecule has 28 heavy (non-hydrogen) atoms. The number of hydrogen-bond acceptors (Lipinski definition) is 4. The third-order valence-electron chi connectivity index (χ3n) is 4.68. The quantitative estimate of drug-likeness (QED) is 0.644. The number of carbonyl (C=O) groups excluding carboxylic acids is 2. The Hall–Kier alpha value is -3.19. The van der Waals surface area contributed by atoms with E-state index < -0.39 is 11.7 Å². The van der Waals surface area contributed by atoms with E-state index in [1.807, 2.05) is 0 Å². The topological polar surface area (TPSA) is 84.1 Å². The van der Waals surface area contributed by atoms with E-state index in [0.29, 0.717) is 22.1 Å². The van der Waals surface area contributed by atoms with E-state index in [9.17, 15) is 14.0 Å². The summed E-state index contributed by atoms with van der Waals surface area (Å²) in [7, 11) is 1.33. The van der Waals surface area contributed by atoms with Gasteiger partial charge in [0.2, 0.25) is 5.91 Å². The lowest BCUT2D eigenvalue weighted by Gasteiger charge is -2.22. The zero-order valence-corrected chi connectivity index (χ0v) is 15.5. The van der Waals surface area contributed by atoms with Crippen molar-refractivity contribution in [2.75, 3.05) is 12.4 Å². The maximum atomic E-state index is 13.7. The number of anilines is 1. The number of nitrogens with one attached hydrogen (secondary N) is 2. The number of methoxy groups -OCH3 is 1. The van der Waals surface area contributed by atoms with E-state index in [2.05, 4.69) is 15.5 Å². The summed E-state index contributed by atoms with van der Waals surface area (Å²) in [4.78, 5) is 25.3. The van der Waals surface area contributed by atoms with Crippen LogP contribution < -0.4 is 10.1 Å². The van der Waals surface area contributed by atoms with Crippen LogP contribution in [0, 0.1) is 5.82 Å². The number of rotatable bonds is 4. The predicted octanol–water partition coefficient (Wildman–Crippen LogP) is 4.19. The summed E-state index contributed by atoms with van der Waals surface area (Å²) >= 11 is 5.96. The van der Waals surface area contributed by atoms with Gasteiger partial charge in [-0.05, 0) is 30.3 Å². The molecule has 6 nitrogen and oxygen atoms in total. The number of H-pyrrole nitrogens is 1. The van der Waals surface area contributed by atoms with Crippen molar-refractivity contribution in [3.8, 4) is 17.0 Å². The van der Waals surface area contributed by atoms with Crippen molar-refractivity contribution in [3.05, 3.63) is 64.4 Å². The Morgan fingerprint density at radius 3 is 2.71 bits per heavy atom. The number of hydrogen-bond donors (Lipinski definition) is 2. The average Bonchev–Trinajstić information content (AvgIpc) is 3.11. The van der Waals surface area contributed by atoms with Gasteiger partial charge in [-0.1, -0.05) is 23.7 Å². The van der Waals surface area contributed by atoms with E-state index in [-0.39, 0.29) is 29.4 Å². The van der Waals surface area contributed by atoms with Gasteiger partial charge >= 0.3 is 0 Å². The van der Waals surface area contributed by atoms with Crippen molar-refractivity contribution in [1.29, 1.82) is 0 Å². The van der Waals surface area contributed by atoms with Crippen LogP contribution >= 0.6 is 11.6 Å². The Kier molecular flexibility index (Phi) is 4.60. The van der Waals surface area contributed by atoms with Gasteiger partial charge < -0.3 is 10.1 Å². The molecule has 0 fully saturated rings. The van der Waals surface area contributed by atoms with Gasteiger partial charge in [-0.3, -0.25) is 14.7 Å². The van der Waals surface area contributed by atoms with Crippen LogP contribution in [0.2, 0.25) is 5.02 Å². The molecule has 2 heterocycles. The first-order valence-corrected chi connectivity index (χ1v) is 8.87. The molecule has 0 unspecified atom stereocenters. The molecule has 0 saturated carbocycles. The number of halogens is 2. The van der Waals surface area contributed by atoms with Crippen LogP contribution in [-0.2, 0) is 4.79 Å². The molecule has 2 N–H and O–H groups in total. The summed E-state index contributed by atoms with van der Waals surface area (Å²) in [6.07, 6.45) is -0.0361. The highest BCUT2D eigenvalue weighted by Crippen LogP contribution is 2.40. The van der Waals surface area contributed by atoms with Crippen LogP contribution in [0.4, 0.5) is 10.2 Å². The van der Waals surface area contributed by atoms with Crippen molar-refractivity contribution in [2.45, 2.75) is 12.3 Å². The van der Waals surface area contributed by atoms with Crippen molar-refractivity contribution < 1.29 is 18.7 Å². The minimum Gasteiger partial charge on any atom is -0.494 e. The zero-order valence-electron chi connectivity index (χ0n) is 14.8. The highest BCUT2D eigenvalue weighted by molar-refractivity contribution is 6.30. The maximum Gasteiger partial charge on any atom is 0.226 e. The van der Waals surface area contributed by atoms with Crippen LogP contribution in [0.3, 0.4) is 0 Å². The first kappa shape index (κ1) is 18.2. The first-order valence-electron chi connectivity index (χ1n) is 8.49. The maximum absolute atomic E-state index is 13.7. The van der Waals surface area contributed by atoms with Crippen LogP contribution in [-0.4, -0.2) is 29.0 Å². The molecule has 142 valence electrons. The first-order chi connectivity index (χ1) is 13.5. The fraction of sp³-hybridized carbons (Fsp3) is 0.150. The Morgan fingerprint density at radius 2 is 2.00 bits per heavy atom. The molecule has 3 aromatic rings. The lowest BCUT2D eigenvalue weighted by atomic mass is 9.84. The van der Waals surface area contributed by atoms with Crippen LogP contribution in [0.25, 0.3) is 11.3 Å². The van der Waals surface area contributed by atoms with Crippen molar-refractivity contribution >= 4 is 29.1 Å². The van der Waals surface area contributed by atoms with Gasteiger partial charge in [-0.25, -0.2) is 4.39 Å². The van der Waals surface area contributed by atoms with Crippen LogP contribution in [0.5, 0.6) is 5.75 Å². The highest BCUT2D eigenvalue weighted by Gasteiger charge is 2.36. The molecular weight excluding hydrogens is 385 g/mol. The van der Waals surface area contributed by atoms with E-state index in [4.69, 9.17) is 16.3 Å². The van der Waals surface area contributed by atoms with Gasteiger partial charge in [-0.15, -0.1) is 0 Å². The molecule has 1 aromatic heterocycles. The second-order valence-electron chi connectivity index (χ2n) is 6.39. The number of Topliss-reactive ketones (excluding diaryl/α,β-unsaturated/α-hetero) is 1. The Labute approximate surface area is 164 Å². The average molecular weight is 400 g/mol. The summed E-state index contributed by atoms with van der Waals surface area (Å²) in [6.45, 7) is 0. The van der Waals surface area contributed by atoms with Crippen molar-refractivity contribution in [2.24, 2.45) is 0 Å². The normalized spacial score (nSPS) is 15.7. The number of aromatic nitrogens is 2. The number of fused-ring (bicyclic) bond motifs is 1. The molecule has 0 radical (unpaired) electrons. The van der Waals surface area contributed by atoms with Gasteiger partial charge in [0.15, 0.2) is 23.2 Å².